The number of aromatic nitrogens is 2. The summed E-state index contributed by atoms with van der Waals surface area (Å²) in [6.45, 7) is 9.56. The van der Waals surface area contributed by atoms with E-state index in [1.165, 1.54) is 12.1 Å². The third-order valence-electron chi connectivity index (χ3n) is 5.23. The normalized spacial score (nSPS) is 17.4. The van der Waals surface area contributed by atoms with Gasteiger partial charge in [0.25, 0.3) is 0 Å². The van der Waals surface area contributed by atoms with Crippen molar-refractivity contribution in [1.29, 1.82) is 0 Å². The molecule has 1 N–H and O–H groups in total. The van der Waals surface area contributed by atoms with E-state index in [0.29, 0.717) is 19.6 Å². The molecule has 30 heavy (non-hydrogen) atoms. The Hall–Kier alpha value is -2.93. The summed E-state index contributed by atoms with van der Waals surface area (Å²) in [5, 5.41) is 9.01. The predicted molar refractivity (Wildman–Crippen MR) is 114 cm³/mol. The number of nitrogens with zero attached hydrogens (tertiary/aromatic N) is 3. The maximum Gasteiger partial charge on any atom is 0.410 e. The quantitative estimate of drug-likeness (QED) is 0.682. The van der Waals surface area contributed by atoms with Gasteiger partial charge >= 0.3 is 6.09 Å². The number of hydrogen-bond acceptors (Lipinski definition) is 4. The fourth-order valence-electron chi connectivity index (χ4n) is 3.81. The van der Waals surface area contributed by atoms with Crippen LogP contribution >= 0.6 is 0 Å². The average Bonchev–Trinajstić information content (AvgIpc) is 3.09. The average molecular weight is 410 g/mol. The first-order valence-corrected chi connectivity index (χ1v) is 10.2. The number of nitrogens with one attached hydrogen (secondary N) is 1. The van der Waals surface area contributed by atoms with Crippen LogP contribution in [0.1, 0.15) is 37.9 Å². The second-order valence-corrected chi connectivity index (χ2v) is 8.73. The molecule has 0 aliphatic carbocycles. The van der Waals surface area contributed by atoms with Gasteiger partial charge in [-0.25, -0.2) is 13.9 Å². The Bertz CT molecular complexity index is 1070. The molecule has 1 fully saturated rings. The Kier molecular flexibility index (Phi) is 5.24. The van der Waals surface area contributed by atoms with Crippen molar-refractivity contribution in [1.82, 2.24) is 20.0 Å². The van der Waals surface area contributed by atoms with E-state index >= 15 is 0 Å². The lowest BCUT2D eigenvalue weighted by atomic mass is 9.97. The summed E-state index contributed by atoms with van der Waals surface area (Å²) in [6.07, 6.45) is 1.53. The highest BCUT2D eigenvalue weighted by atomic mass is 19.1. The summed E-state index contributed by atoms with van der Waals surface area (Å²) in [4.78, 5) is 14.3. The monoisotopic (exact) mass is 410 g/mol. The molecule has 1 unspecified atom stereocenters. The first-order valence-electron chi connectivity index (χ1n) is 10.2. The summed E-state index contributed by atoms with van der Waals surface area (Å²) in [6, 6.07) is 10.5. The summed E-state index contributed by atoms with van der Waals surface area (Å²) < 4.78 is 20.6. The van der Waals surface area contributed by atoms with Crippen LogP contribution in [0.2, 0.25) is 0 Å². The molecule has 158 valence electrons. The maximum atomic E-state index is 13.3. The highest BCUT2D eigenvalue weighted by molar-refractivity contribution is 5.82. The van der Waals surface area contributed by atoms with Crippen LogP contribution in [0.5, 0.6) is 0 Å². The molecular formula is C23H27FN4O2. The van der Waals surface area contributed by atoms with Crippen LogP contribution in [-0.2, 0) is 4.74 Å². The highest BCUT2D eigenvalue weighted by Gasteiger charge is 2.29. The third-order valence-corrected chi connectivity index (χ3v) is 5.23. The molecule has 1 atom stereocenters. The molecule has 2 aromatic carbocycles. The summed E-state index contributed by atoms with van der Waals surface area (Å²) >= 11 is 0. The van der Waals surface area contributed by atoms with E-state index in [4.69, 9.17) is 4.74 Å². The fraction of sp³-hybridized carbons (Fsp3) is 0.391. The van der Waals surface area contributed by atoms with Crippen LogP contribution in [0.4, 0.5) is 9.18 Å². The number of carbonyl (C=O) groups excluding carboxylic acids is 1. The minimum absolute atomic E-state index is 0.0184. The van der Waals surface area contributed by atoms with Gasteiger partial charge in [0.05, 0.1) is 23.4 Å². The number of hydrogen-bond donors (Lipinski definition) is 1. The molecule has 1 aliphatic rings. The standard InChI is InChI=1S/C23H27FN4O2/c1-15-11-21-16(13-26-28(21)18-7-5-17(24)6-8-18)12-19(15)20-14-27(10-9-25-20)22(29)30-23(2,3)4/h5-8,11-13,20,25H,9-10,14H2,1-4H3. The number of aryl methyl sites for hydroxylation is 1. The van der Waals surface area contributed by atoms with Crippen molar-refractivity contribution < 1.29 is 13.9 Å². The number of fused-ring (bicyclic) bond motifs is 1. The van der Waals surface area contributed by atoms with Gasteiger partial charge in [0, 0.05) is 25.0 Å². The molecule has 0 saturated carbocycles. The Morgan fingerprint density at radius 3 is 2.67 bits per heavy atom. The van der Waals surface area contributed by atoms with Gasteiger partial charge in [0.1, 0.15) is 11.4 Å². The maximum absolute atomic E-state index is 13.3. The molecule has 1 amide bonds. The molecule has 3 aromatic rings. The zero-order chi connectivity index (χ0) is 21.5. The van der Waals surface area contributed by atoms with E-state index in [-0.39, 0.29) is 18.0 Å². The zero-order valence-electron chi connectivity index (χ0n) is 17.8. The molecule has 7 heteroatoms. The van der Waals surface area contributed by atoms with Crippen LogP contribution in [0.3, 0.4) is 0 Å². The number of piperazine rings is 1. The Morgan fingerprint density at radius 1 is 1.23 bits per heavy atom. The molecule has 2 heterocycles. The Labute approximate surface area is 175 Å². The topological polar surface area (TPSA) is 59.4 Å². The summed E-state index contributed by atoms with van der Waals surface area (Å²) in [7, 11) is 0. The van der Waals surface area contributed by atoms with Gasteiger partial charge in [0.2, 0.25) is 0 Å². The lowest BCUT2D eigenvalue weighted by molar-refractivity contribution is 0.0195. The molecule has 0 radical (unpaired) electrons. The molecule has 0 bridgehead atoms. The molecule has 1 saturated heterocycles. The number of benzene rings is 2. The van der Waals surface area contributed by atoms with E-state index in [1.54, 1.807) is 17.0 Å². The molecule has 4 rings (SSSR count). The molecule has 6 nitrogen and oxygen atoms in total. The van der Waals surface area contributed by atoms with Gasteiger partial charge in [-0.15, -0.1) is 0 Å². The van der Waals surface area contributed by atoms with Crippen molar-refractivity contribution in [3.63, 3.8) is 0 Å². The van der Waals surface area contributed by atoms with Crippen molar-refractivity contribution >= 4 is 17.0 Å². The first kappa shape index (κ1) is 20.3. The minimum atomic E-state index is -0.513. The van der Waals surface area contributed by atoms with E-state index in [9.17, 15) is 9.18 Å². The number of amides is 1. The van der Waals surface area contributed by atoms with Crippen molar-refractivity contribution in [2.75, 3.05) is 19.6 Å². The van der Waals surface area contributed by atoms with Gasteiger partial charge in [-0.3, -0.25) is 0 Å². The predicted octanol–water partition coefficient (Wildman–Crippen LogP) is 4.35. The summed E-state index contributed by atoms with van der Waals surface area (Å²) in [5.74, 6) is -0.272. The first-order chi connectivity index (χ1) is 14.2. The van der Waals surface area contributed by atoms with E-state index in [1.807, 2.05) is 31.6 Å². The van der Waals surface area contributed by atoms with E-state index in [2.05, 4.69) is 29.5 Å². The molecule has 0 spiro atoms. The largest absolute Gasteiger partial charge is 0.444 e. The van der Waals surface area contributed by atoms with Crippen LogP contribution in [-0.4, -0.2) is 46.0 Å². The van der Waals surface area contributed by atoms with Gasteiger partial charge in [-0.1, -0.05) is 0 Å². The van der Waals surface area contributed by atoms with Gasteiger partial charge < -0.3 is 15.0 Å². The van der Waals surface area contributed by atoms with E-state index in [0.717, 1.165) is 27.7 Å². The SMILES string of the molecule is Cc1cc2c(cnn2-c2ccc(F)cc2)cc1C1CN(C(=O)OC(C)(C)C)CCN1. The van der Waals surface area contributed by atoms with Crippen molar-refractivity contribution in [2.24, 2.45) is 0 Å². The number of ether oxygens (including phenoxy) is 1. The lowest BCUT2D eigenvalue weighted by Gasteiger charge is -2.35. The number of carbonyl (C=O) groups is 1. The zero-order valence-corrected chi connectivity index (χ0v) is 17.8. The van der Waals surface area contributed by atoms with Crippen molar-refractivity contribution in [2.45, 2.75) is 39.3 Å². The second-order valence-electron chi connectivity index (χ2n) is 8.73. The lowest BCUT2D eigenvalue weighted by Crippen LogP contribution is -2.49. The van der Waals surface area contributed by atoms with Crippen LogP contribution < -0.4 is 5.32 Å². The second kappa shape index (κ2) is 7.72. The van der Waals surface area contributed by atoms with Crippen molar-refractivity contribution in [3.8, 4) is 5.69 Å². The van der Waals surface area contributed by atoms with E-state index < -0.39 is 5.60 Å². The number of halogens is 1. The smallest absolute Gasteiger partial charge is 0.410 e. The van der Waals surface area contributed by atoms with Gasteiger partial charge in [-0.05, 0) is 75.2 Å². The van der Waals surface area contributed by atoms with Crippen LogP contribution in [0, 0.1) is 12.7 Å². The van der Waals surface area contributed by atoms with Gasteiger partial charge in [0.15, 0.2) is 0 Å². The third kappa shape index (κ3) is 4.16. The Morgan fingerprint density at radius 2 is 1.97 bits per heavy atom. The van der Waals surface area contributed by atoms with Crippen molar-refractivity contribution in [3.05, 3.63) is 59.5 Å². The summed E-state index contributed by atoms with van der Waals surface area (Å²) in [5.41, 5.74) is 3.50. The van der Waals surface area contributed by atoms with Crippen LogP contribution in [0.25, 0.3) is 16.6 Å². The Balaban J connectivity index is 1.61. The molecule has 1 aromatic heterocycles. The van der Waals surface area contributed by atoms with Gasteiger partial charge in [-0.2, -0.15) is 5.10 Å². The number of rotatable bonds is 2. The highest BCUT2D eigenvalue weighted by Crippen LogP contribution is 2.28. The molecular weight excluding hydrogens is 383 g/mol. The minimum Gasteiger partial charge on any atom is -0.444 e. The fourth-order valence-corrected chi connectivity index (χ4v) is 3.81. The van der Waals surface area contributed by atoms with Crippen LogP contribution in [0.15, 0.2) is 42.6 Å². The molecule has 1 aliphatic heterocycles.